The fourth-order valence-electron chi connectivity index (χ4n) is 3.65. The number of rotatable bonds is 5. The predicted octanol–water partition coefficient (Wildman–Crippen LogP) is 3.13. The van der Waals surface area contributed by atoms with Crippen molar-refractivity contribution in [2.45, 2.75) is 25.3 Å². The van der Waals surface area contributed by atoms with Crippen molar-refractivity contribution >= 4 is 22.3 Å². The fourth-order valence-corrected chi connectivity index (χ4v) is 3.65. The first-order chi connectivity index (χ1) is 15.3. The Morgan fingerprint density at radius 1 is 1.13 bits per heavy atom. The molecule has 0 radical (unpaired) electrons. The van der Waals surface area contributed by atoms with Crippen LogP contribution in [0.2, 0.25) is 0 Å². The van der Waals surface area contributed by atoms with Crippen LogP contribution in [0, 0.1) is 0 Å². The maximum absolute atomic E-state index is 12.8. The van der Waals surface area contributed by atoms with Crippen molar-refractivity contribution in [3.05, 3.63) is 72.2 Å². The number of nitrogens with one attached hydrogen (secondary N) is 1. The average Bonchev–Trinajstić information content (AvgIpc) is 3.39. The van der Waals surface area contributed by atoms with E-state index in [1.807, 2.05) is 53.1 Å². The monoisotopic (exact) mass is 411 g/mol. The van der Waals surface area contributed by atoms with E-state index in [1.54, 1.807) is 6.20 Å². The van der Waals surface area contributed by atoms with Crippen LogP contribution in [0.1, 0.15) is 40.9 Å². The molecule has 1 amide bonds. The Balaban J connectivity index is 1.27. The molecule has 0 atom stereocenters. The Bertz CT molecular complexity index is 1430. The third kappa shape index (κ3) is 3.10. The average molecular weight is 411 g/mol. The lowest BCUT2D eigenvalue weighted by atomic mass is 10.1. The highest BCUT2D eigenvalue weighted by Gasteiger charge is 2.29. The molecule has 31 heavy (non-hydrogen) atoms. The van der Waals surface area contributed by atoms with Crippen molar-refractivity contribution in [1.82, 2.24) is 35.0 Å². The molecule has 0 saturated heterocycles. The number of benzene rings is 1. The van der Waals surface area contributed by atoms with Gasteiger partial charge < -0.3 is 9.84 Å². The van der Waals surface area contributed by atoms with E-state index in [0.29, 0.717) is 34.5 Å². The topological polar surface area (TPSA) is 111 Å². The lowest BCUT2D eigenvalue weighted by Crippen LogP contribution is -2.25. The maximum Gasteiger partial charge on any atom is 0.270 e. The Hall–Kier alpha value is -4.14. The molecule has 0 bridgehead atoms. The molecule has 1 aromatic carbocycles. The van der Waals surface area contributed by atoms with Gasteiger partial charge in [-0.2, -0.15) is 4.98 Å². The largest absolute Gasteiger partial charge is 0.343 e. The molecule has 0 spiro atoms. The zero-order valence-corrected chi connectivity index (χ0v) is 16.4. The number of nitrogens with zero attached hydrogens (tertiary/aromatic N) is 6. The summed E-state index contributed by atoms with van der Waals surface area (Å²) in [4.78, 5) is 21.6. The van der Waals surface area contributed by atoms with Crippen LogP contribution >= 0.6 is 0 Å². The summed E-state index contributed by atoms with van der Waals surface area (Å²) in [6.07, 6.45) is 5.68. The smallest absolute Gasteiger partial charge is 0.270 e. The normalized spacial score (nSPS) is 13.7. The number of aromatic nitrogens is 6. The number of carbonyl (C=O) groups is 1. The summed E-state index contributed by atoms with van der Waals surface area (Å²) in [7, 11) is 0. The van der Waals surface area contributed by atoms with Crippen LogP contribution in [-0.4, -0.2) is 35.6 Å². The zero-order valence-electron chi connectivity index (χ0n) is 16.4. The van der Waals surface area contributed by atoms with E-state index in [4.69, 9.17) is 4.52 Å². The van der Waals surface area contributed by atoms with Crippen molar-refractivity contribution in [3.8, 4) is 11.5 Å². The van der Waals surface area contributed by atoms with Gasteiger partial charge in [0.2, 0.25) is 0 Å². The molecule has 9 heteroatoms. The van der Waals surface area contributed by atoms with Crippen LogP contribution in [0.5, 0.6) is 0 Å². The highest BCUT2D eigenvalue weighted by atomic mass is 16.5. The minimum Gasteiger partial charge on any atom is -0.343 e. The third-order valence-corrected chi connectivity index (χ3v) is 5.42. The maximum atomic E-state index is 12.8. The van der Waals surface area contributed by atoms with Gasteiger partial charge in [0.25, 0.3) is 11.8 Å². The molecular weight excluding hydrogens is 394 g/mol. The second kappa shape index (κ2) is 6.98. The number of pyridine rings is 2. The van der Waals surface area contributed by atoms with E-state index in [2.05, 4.69) is 30.6 Å². The lowest BCUT2D eigenvalue weighted by Gasteiger charge is -2.07. The molecule has 4 heterocycles. The van der Waals surface area contributed by atoms with Crippen LogP contribution in [0.4, 0.5) is 0 Å². The van der Waals surface area contributed by atoms with Crippen molar-refractivity contribution < 1.29 is 9.32 Å². The van der Waals surface area contributed by atoms with Gasteiger partial charge in [0.15, 0.2) is 17.3 Å². The van der Waals surface area contributed by atoms with E-state index in [9.17, 15) is 4.79 Å². The van der Waals surface area contributed by atoms with Crippen LogP contribution < -0.4 is 5.32 Å². The van der Waals surface area contributed by atoms with Gasteiger partial charge >= 0.3 is 0 Å². The summed E-state index contributed by atoms with van der Waals surface area (Å²) >= 11 is 0. The zero-order chi connectivity index (χ0) is 20.8. The molecule has 1 fully saturated rings. The van der Waals surface area contributed by atoms with Crippen LogP contribution in [0.25, 0.3) is 27.9 Å². The van der Waals surface area contributed by atoms with Crippen molar-refractivity contribution in [2.75, 3.05) is 0 Å². The minimum absolute atomic E-state index is 0.200. The number of amides is 1. The quantitative estimate of drug-likeness (QED) is 0.473. The van der Waals surface area contributed by atoms with Gasteiger partial charge in [-0.15, -0.1) is 10.2 Å². The highest BCUT2D eigenvalue weighted by molar-refractivity contribution is 6.05. The van der Waals surface area contributed by atoms with Crippen molar-refractivity contribution in [1.29, 1.82) is 0 Å². The van der Waals surface area contributed by atoms with Gasteiger partial charge in [0.05, 0.1) is 12.1 Å². The highest BCUT2D eigenvalue weighted by Crippen LogP contribution is 2.39. The molecule has 1 saturated carbocycles. The molecule has 4 aromatic heterocycles. The summed E-state index contributed by atoms with van der Waals surface area (Å²) in [5.41, 5.74) is 1.69. The van der Waals surface area contributed by atoms with Gasteiger partial charge in [0.1, 0.15) is 5.69 Å². The minimum atomic E-state index is -0.268. The lowest BCUT2D eigenvalue weighted by molar-refractivity contribution is 0.0946. The van der Waals surface area contributed by atoms with E-state index >= 15 is 0 Å². The van der Waals surface area contributed by atoms with E-state index in [1.165, 1.54) is 0 Å². The summed E-state index contributed by atoms with van der Waals surface area (Å²) in [6.45, 7) is 0.200. The molecule has 0 unspecified atom stereocenters. The molecule has 1 aliphatic carbocycles. The van der Waals surface area contributed by atoms with Gasteiger partial charge in [-0.1, -0.05) is 29.4 Å². The van der Waals surface area contributed by atoms with E-state index in [0.717, 1.165) is 29.4 Å². The van der Waals surface area contributed by atoms with Gasteiger partial charge in [0, 0.05) is 23.7 Å². The standard InChI is InChI=1S/C22H17N7O2/c30-21(18-15-5-2-1-4-13(15)9-10-23-18)24-12-17-26-27-20-16(6-3-11-29(17)20)22-25-19(28-31-22)14-7-8-14/h1-6,9-11,14H,7-8,12H2,(H,24,30). The molecule has 152 valence electrons. The first-order valence-electron chi connectivity index (χ1n) is 10.1. The summed E-state index contributed by atoms with van der Waals surface area (Å²) in [5.74, 6) is 1.90. The Morgan fingerprint density at radius 2 is 2.03 bits per heavy atom. The van der Waals surface area contributed by atoms with Crippen LogP contribution in [0.3, 0.4) is 0 Å². The first-order valence-corrected chi connectivity index (χ1v) is 10.1. The van der Waals surface area contributed by atoms with E-state index < -0.39 is 0 Å². The number of carbonyl (C=O) groups excluding carboxylic acids is 1. The predicted molar refractivity (Wildman–Crippen MR) is 111 cm³/mol. The Labute approximate surface area is 176 Å². The second-order valence-corrected chi connectivity index (χ2v) is 7.53. The second-order valence-electron chi connectivity index (χ2n) is 7.53. The fraction of sp³-hybridized carbons (Fsp3) is 0.182. The number of hydrogen-bond donors (Lipinski definition) is 1. The SMILES string of the molecule is O=C(NCc1nnc2c(-c3nc(C4CC4)no3)cccn12)c1nccc2ccccc12. The number of hydrogen-bond acceptors (Lipinski definition) is 7. The first kappa shape index (κ1) is 17.7. The van der Waals surface area contributed by atoms with Crippen LogP contribution in [-0.2, 0) is 6.54 Å². The third-order valence-electron chi connectivity index (χ3n) is 5.42. The summed E-state index contributed by atoms with van der Waals surface area (Å²) in [6, 6.07) is 13.3. The molecule has 5 aromatic rings. The Kier molecular flexibility index (Phi) is 3.98. The molecule has 0 aliphatic heterocycles. The van der Waals surface area contributed by atoms with Gasteiger partial charge in [-0.25, -0.2) is 0 Å². The summed E-state index contributed by atoms with van der Waals surface area (Å²) in [5, 5.41) is 17.3. The van der Waals surface area contributed by atoms with Gasteiger partial charge in [-0.05, 0) is 36.4 Å². The van der Waals surface area contributed by atoms with Crippen molar-refractivity contribution in [3.63, 3.8) is 0 Å². The molecule has 1 aliphatic rings. The molecular formula is C22H17N7O2. The van der Waals surface area contributed by atoms with Crippen LogP contribution in [0.15, 0.2) is 59.4 Å². The number of fused-ring (bicyclic) bond motifs is 2. The summed E-state index contributed by atoms with van der Waals surface area (Å²) < 4.78 is 7.26. The van der Waals surface area contributed by atoms with Gasteiger partial charge in [-0.3, -0.25) is 14.2 Å². The molecule has 6 rings (SSSR count). The Morgan fingerprint density at radius 3 is 2.94 bits per heavy atom. The molecule has 1 N–H and O–H groups in total. The van der Waals surface area contributed by atoms with Crippen molar-refractivity contribution in [2.24, 2.45) is 0 Å². The molecule has 9 nitrogen and oxygen atoms in total. The van der Waals surface area contributed by atoms with E-state index in [-0.39, 0.29) is 12.5 Å².